The van der Waals surface area contributed by atoms with Crippen LogP contribution >= 0.6 is 0 Å². The maximum absolute atomic E-state index is 12.5. The summed E-state index contributed by atoms with van der Waals surface area (Å²) in [7, 11) is 1.39. The van der Waals surface area contributed by atoms with E-state index in [1.807, 2.05) is 39.0 Å². The van der Waals surface area contributed by atoms with Crippen molar-refractivity contribution in [1.29, 1.82) is 0 Å². The van der Waals surface area contributed by atoms with Gasteiger partial charge >= 0.3 is 11.9 Å². The highest BCUT2D eigenvalue weighted by Crippen LogP contribution is 2.47. The number of methoxy groups -OCH3 is 1. The van der Waals surface area contributed by atoms with E-state index in [0.29, 0.717) is 18.4 Å². The van der Waals surface area contributed by atoms with Crippen LogP contribution in [0.1, 0.15) is 49.0 Å². The van der Waals surface area contributed by atoms with E-state index in [4.69, 9.17) is 9.47 Å². The lowest BCUT2D eigenvalue weighted by molar-refractivity contribution is -0.162. The Hall–Kier alpha value is -1.84. The van der Waals surface area contributed by atoms with Gasteiger partial charge in [-0.25, -0.2) is 4.79 Å². The highest BCUT2D eigenvalue weighted by Gasteiger charge is 2.54. The summed E-state index contributed by atoms with van der Waals surface area (Å²) < 4.78 is 10.7. The molecule has 2 rings (SSSR count). The fourth-order valence-electron chi connectivity index (χ4n) is 3.48. The number of esters is 2. The molecule has 1 aliphatic rings. The number of benzene rings is 1. The molecule has 4 nitrogen and oxygen atoms in total. The van der Waals surface area contributed by atoms with Gasteiger partial charge in [-0.15, -0.1) is 0 Å². The van der Waals surface area contributed by atoms with Crippen molar-refractivity contribution in [2.45, 2.75) is 46.1 Å². The molecule has 2 unspecified atom stereocenters. The van der Waals surface area contributed by atoms with Gasteiger partial charge < -0.3 is 9.47 Å². The van der Waals surface area contributed by atoms with Crippen LogP contribution in [-0.2, 0) is 14.3 Å². The van der Waals surface area contributed by atoms with E-state index in [2.05, 4.69) is 0 Å². The van der Waals surface area contributed by atoms with E-state index in [1.165, 1.54) is 7.11 Å². The summed E-state index contributed by atoms with van der Waals surface area (Å²) in [5.41, 5.74) is 0.697. The van der Waals surface area contributed by atoms with Crippen LogP contribution in [0.5, 0.6) is 0 Å². The van der Waals surface area contributed by atoms with E-state index in [0.717, 1.165) is 12.0 Å². The fraction of sp³-hybridized carbons (Fsp3) is 0.556. The highest BCUT2D eigenvalue weighted by atomic mass is 16.6. The van der Waals surface area contributed by atoms with Crippen LogP contribution in [0.25, 0.3) is 0 Å². The Morgan fingerprint density at radius 3 is 2.55 bits per heavy atom. The van der Waals surface area contributed by atoms with Gasteiger partial charge in [0.05, 0.1) is 12.7 Å². The Morgan fingerprint density at radius 2 is 1.95 bits per heavy atom. The highest BCUT2D eigenvalue weighted by molar-refractivity contribution is 5.91. The molecule has 0 radical (unpaired) electrons. The summed E-state index contributed by atoms with van der Waals surface area (Å²) in [6, 6.07) is 7.33. The molecule has 0 N–H and O–H groups in total. The molecule has 0 spiro atoms. The van der Waals surface area contributed by atoms with E-state index >= 15 is 0 Å². The number of hydrogen-bond donors (Lipinski definition) is 0. The molecule has 22 heavy (non-hydrogen) atoms. The van der Waals surface area contributed by atoms with E-state index in [9.17, 15) is 9.59 Å². The van der Waals surface area contributed by atoms with Gasteiger partial charge in [0, 0.05) is 0 Å². The van der Waals surface area contributed by atoms with Gasteiger partial charge in [-0.05, 0) is 43.7 Å². The van der Waals surface area contributed by atoms with Crippen molar-refractivity contribution in [1.82, 2.24) is 0 Å². The molecule has 0 bridgehead atoms. The van der Waals surface area contributed by atoms with Crippen LogP contribution in [-0.4, -0.2) is 25.2 Å². The molecule has 0 amide bonds. The minimum Gasteiger partial charge on any atom is -0.468 e. The van der Waals surface area contributed by atoms with Crippen molar-refractivity contribution in [3.8, 4) is 0 Å². The van der Waals surface area contributed by atoms with Crippen LogP contribution in [0.2, 0.25) is 0 Å². The topological polar surface area (TPSA) is 52.6 Å². The molecule has 2 atom stereocenters. The summed E-state index contributed by atoms with van der Waals surface area (Å²) >= 11 is 0. The lowest BCUT2D eigenvalue weighted by Gasteiger charge is -2.35. The largest absolute Gasteiger partial charge is 0.468 e. The van der Waals surface area contributed by atoms with Crippen LogP contribution < -0.4 is 0 Å². The number of carbonyl (C=O) groups is 2. The second-order valence-electron chi connectivity index (χ2n) is 6.29. The van der Waals surface area contributed by atoms with Gasteiger partial charge in [0.2, 0.25) is 0 Å². The van der Waals surface area contributed by atoms with Gasteiger partial charge in [0.15, 0.2) is 0 Å². The molecule has 1 fully saturated rings. The SMILES string of the molecule is COC(=O)C1(C(C)C)CCCC1OC(=O)c1ccccc1C. The number of ether oxygens (including phenoxy) is 2. The molecule has 0 aliphatic heterocycles. The molecular formula is C18H24O4. The summed E-state index contributed by atoms with van der Waals surface area (Å²) in [5.74, 6) is -0.585. The average molecular weight is 304 g/mol. The Morgan fingerprint density at radius 1 is 1.27 bits per heavy atom. The summed E-state index contributed by atoms with van der Waals surface area (Å²) in [4.78, 5) is 24.8. The first-order valence-electron chi connectivity index (χ1n) is 7.78. The minimum absolute atomic E-state index is 0.0529. The van der Waals surface area contributed by atoms with Gasteiger partial charge in [-0.1, -0.05) is 32.0 Å². The number of rotatable bonds is 4. The second-order valence-corrected chi connectivity index (χ2v) is 6.29. The third-order valence-corrected chi connectivity index (χ3v) is 4.84. The average Bonchev–Trinajstić information content (AvgIpc) is 2.91. The van der Waals surface area contributed by atoms with Crippen molar-refractivity contribution in [2.24, 2.45) is 11.3 Å². The van der Waals surface area contributed by atoms with Crippen molar-refractivity contribution in [3.63, 3.8) is 0 Å². The molecule has 4 heteroatoms. The molecule has 1 saturated carbocycles. The molecule has 0 heterocycles. The summed E-state index contributed by atoms with van der Waals surface area (Å²) in [6.45, 7) is 5.84. The predicted octanol–water partition coefficient (Wildman–Crippen LogP) is 3.52. The maximum atomic E-state index is 12.5. The van der Waals surface area contributed by atoms with Crippen LogP contribution in [0.4, 0.5) is 0 Å². The van der Waals surface area contributed by atoms with Crippen molar-refractivity contribution >= 4 is 11.9 Å². The monoisotopic (exact) mass is 304 g/mol. The van der Waals surface area contributed by atoms with E-state index < -0.39 is 11.5 Å². The normalized spacial score (nSPS) is 24.3. The van der Waals surface area contributed by atoms with Crippen molar-refractivity contribution in [2.75, 3.05) is 7.11 Å². The standard InChI is InChI=1S/C18H24O4/c1-12(2)18(17(20)21-4)11-7-10-15(18)22-16(19)14-9-6-5-8-13(14)3/h5-6,8-9,12,15H,7,10-11H2,1-4H3. The second kappa shape index (κ2) is 6.51. The fourth-order valence-corrected chi connectivity index (χ4v) is 3.48. The van der Waals surface area contributed by atoms with Gasteiger partial charge in [0.25, 0.3) is 0 Å². The Labute approximate surface area is 131 Å². The molecular weight excluding hydrogens is 280 g/mol. The molecule has 1 aromatic carbocycles. The van der Waals surface area contributed by atoms with Gasteiger partial charge in [0.1, 0.15) is 11.5 Å². The molecule has 0 saturated heterocycles. The molecule has 1 aromatic rings. The van der Waals surface area contributed by atoms with Crippen molar-refractivity contribution < 1.29 is 19.1 Å². The zero-order chi connectivity index (χ0) is 16.3. The van der Waals surface area contributed by atoms with Gasteiger partial charge in [-0.3, -0.25) is 4.79 Å². The Kier molecular flexibility index (Phi) is 4.89. The molecule has 0 aromatic heterocycles. The smallest absolute Gasteiger partial charge is 0.338 e. The Balaban J connectivity index is 2.26. The summed E-state index contributed by atoms with van der Waals surface area (Å²) in [5, 5.41) is 0. The van der Waals surface area contributed by atoms with Crippen LogP contribution in [0.3, 0.4) is 0 Å². The quantitative estimate of drug-likeness (QED) is 0.799. The lowest BCUT2D eigenvalue weighted by atomic mass is 9.74. The van der Waals surface area contributed by atoms with Crippen molar-refractivity contribution in [3.05, 3.63) is 35.4 Å². The lowest BCUT2D eigenvalue weighted by Crippen LogP contribution is -2.45. The van der Waals surface area contributed by atoms with E-state index in [-0.39, 0.29) is 17.9 Å². The zero-order valence-electron chi connectivity index (χ0n) is 13.7. The zero-order valence-corrected chi connectivity index (χ0v) is 13.7. The molecule has 120 valence electrons. The maximum Gasteiger partial charge on any atom is 0.338 e. The minimum atomic E-state index is -0.729. The number of hydrogen-bond acceptors (Lipinski definition) is 4. The third kappa shape index (κ3) is 2.74. The number of carbonyl (C=O) groups excluding carboxylic acids is 2. The predicted molar refractivity (Wildman–Crippen MR) is 83.5 cm³/mol. The van der Waals surface area contributed by atoms with Gasteiger partial charge in [-0.2, -0.15) is 0 Å². The van der Waals surface area contributed by atoms with Crippen LogP contribution in [0, 0.1) is 18.3 Å². The Bertz CT molecular complexity index is 564. The number of aryl methyl sites for hydroxylation is 1. The van der Waals surface area contributed by atoms with E-state index in [1.54, 1.807) is 6.07 Å². The molecule has 1 aliphatic carbocycles. The third-order valence-electron chi connectivity index (χ3n) is 4.84. The first kappa shape index (κ1) is 16.5. The first-order chi connectivity index (χ1) is 10.4. The van der Waals surface area contributed by atoms with Crippen LogP contribution in [0.15, 0.2) is 24.3 Å². The summed E-state index contributed by atoms with van der Waals surface area (Å²) in [6.07, 6.45) is 1.83. The first-order valence-corrected chi connectivity index (χ1v) is 7.78.